The highest BCUT2D eigenvalue weighted by Gasteiger charge is 2.05. The molecule has 0 aliphatic rings. The predicted octanol–water partition coefficient (Wildman–Crippen LogP) is 4.40. The summed E-state index contributed by atoms with van der Waals surface area (Å²) >= 11 is 5.82. The third-order valence-electron chi connectivity index (χ3n) is 3.40. The van der Waals surface area contributed by atoms with E-state index in [4.69, 9.17) is 11.6 Å². The molecule has 0 atom stereocenters. The molecule has 2 aromatic rings. The van der Waals surface area contributed by atoms with Gasteiger partial charge in [0.1, 0.15) is 0 Å². The summed E-state index contributed by atoms with van der Waals surface area (Å²) in [6.45, 7) is 4.63. The van der Waals surface area contributed by atoms with E-state index in [2.05, 4.69) is 10.6 Å². The highest BCUT2D eigenvalue weighted by Crippen LogP contribution is 2.18. The summed E-state index contributed by atoms with van der Waals surface area (Å²) < 4.78 is 0. The number of halogens is 1. The average Bonchev–Trinajstić information content (AvgIpc) is 2.46. The number of anilines is 2. The molecular formula is C17H19ClN2O. The fraction of sp³-hybridized carbons (Fsp3) is 0.235. The number of benzene rings is 2. The Morgan fingerprint density at radius 3 is 2.52 bits per heavy atom. The lowest BCUT2D eigenvalue weighted by atomic mass is 10.1. The summed E-state index contributed by atoms with van der Waals surface area (Å²) in [6, 6.07) is 13.3. The Hall–Kier alpha value is -2.00. The normalized spacial score (nSPS) is 10.2. The van der Waals surface area contributed by atoms with E-state index in [1.165, 1.54) is 5.56 Å². The monoisotopic (exact) mass is 302 g/mol. The van der Waals surface area contributed by atoms with Crippen LogP contribution in [0.1, 0.15) is 17.5 Å². The summed E-state index contributed by atoms with van der Waals surface area (Å²) in [4.78, 5) is 11.9. The molecule has 0 fully saturated rings. The molecule has 0 spiro atoms. The quantitative estimate of drug-likeness (QED) is 0.859. The number of rotatable bonds is 5. The lowest BCUT2D eigenvalue weighted by molar-refractivity contribution is -0.115. The van der Waals surface area contributed by atoms with Crippen molar-refractivity contribution in [3.05, 3.63) is 58.6 Å². The zero-order valence-electron chi connectivity index (χ0n) is 12.2. The Morgan fingerprint density at radius 2 is 1.81 bits per heavy atom. The first kappa shape index (κ1) is 15.4. The number of carbonyl (C=O) groups excluding carboxylic acids is 1. The Labute approximate surface area is 130 Å². The molecule has 110 valence electrons. The average molecular weight is 303 g/mol. The molecule has 0 aliphatic heterocycles. The molecule has 0 saturated carbocycles. The molecule has 0 bridgehead atoms. The van der Waals surface area contributed by atoms with Crippen molar-refractivity contribution in [2.24, 2.45) is 0 Å². The summed E-state index contributed by atoms with van der Waals surface area (Å²) in [5.74, 6) is 0.00478. The van der Waals surface area contributed by atoms with Gasteiger partial charge in [-0.1, -0.05) is 23.7 Å². The standard InChI is InChI=1S/C17H19ClN2O/c1-12-4-3-5-16(13(12)2)20-17(21)10-11-19-15-8-6-14(18)7-9-15/h3-9,19H,10-11H2,1-2H3,(H,20,21). The second kappa shape index (κ2) is 7.14. The van der Waals surface area contributed by atoms with Gasteiger partial charge in [0.15, 0.2) is 0 Å². The van der Waals surface area contributed by atoms with Gasteiger partial charge in [-0.15, -0.1) is 0 Å². The molecule has 2 aromatic carbocycles. The number of hydrogen-bond donors (Lipinski definition) is 2. The molecule has 0 unspecified atom stereocenters. The van der Waals surface area contributed by atoms with E-state index in [9.17, 15) is 4.79 Å². The maximum Gasteiger partial charge on any atom is 0.226 e. The summed E-state index contributed by atoms with van der Waals surface area (Å²) in [6.07, 6.45) is 0.413. The minimum Gasteiger partial charge on any atom is -0.385 e. The van der Waals surface area contributed by atoms with Crippen molar-refractivity contribution in [2.75, 3.05) is 17.2 Å². The molecule has 0 radical (unpaired) electrons. The molecule has 0 heterocycles. The van der Waals surface area contributed by atoms with Gasteiger partial charge in [0.05, 0.1) is 0 Å². The third-order valence-corrected chi connectivity index (χ3v) is 3.66. The minimum absolute atomic E-state index is 0.00478. The lowest BCUT2D eigenvalue weighted by Crippen LogP contribution is -2.17. The van der Waals surface area contributed by atoms with E-state index < -0.39 is 0 Å². The van der Waals surface area contributed by atoms with Crippen molar-refractivity contribution in [3.63, 3.8) is 0 Å². The predicted molar refractivity (Wildman–Crippen MR) is 89.1 cm³/mol. The van der Waals surface area contributed by atoms with E-state index >= 15 is 0 Å². The van der Waals surface area contributed by atoms with Crippen LogP contribution in [-0.4, -0.2) is 12.5 Å². The van der Waals surface area contributed by atoms with Crippen molar-refractivity contribution in [1.29, 1.82) is 0 Å². The Kier molecular flexibility index (Phi) is 5.23. The SMILES string of the molecule is Cc1cccc(NC(=O)CCNc2ccc(Cl)cc2)c1C. The van der Waals surface area contributed by atoms with Crippen LogP contribution in [0.5, 0.6) is 0 Å². The van der Waals surface area contributed by atoms with Gasteiger partial charge in [0, 0.05) is 29.4 Å². The van der Waals surface area contributed by atoms with Crippen LogP contribution in [-0.2, 0) is 4.79 Å². The Bertz CT molecular complexity index is 623. The van der Waals surface area contributed by atoms with Crippen molar-refractivity contribution in [2.45, 2.75) is 20.3 Å². The van der Waals surface area contributed by atoms with Crippen LogP contribution in [0.4, 0.5) is 11.4 Å². The van der Waals surface area contributed by atoms with Crippen molar-refractivity contribution in [1.82, 2.24) is 0 Å². The summed E-state index contributed by atoms with van der Waals surface area (Å²) in [7, 11) is 0. The second-order valence-electron chi connectivity index (χ2n) is 4.98. The van der Waals surface area contributed by atoms with Crippen LogP contribution >= 0.6 is 11.6 Å². The van der Waals surface area contributed by atoms with Gasteiger partial charge in [-0.25, -0.2) is 0 Å². The minimum atomic E-state index is 0.00478. The zero-order chi connectivity index (χ0) is 15.2. The molecule has 2 rings (SSSR count). The fourth-order valence-corrected chi connectivity index (χ4v) is 2.11. The van der Waals surface area contributed by atoms with E-state index in [0.29, 0.717) is 18.0 Å². The van der Waals surface area contributed by atoms with Crippen LogP contribution in [0.2, 0.25) is 5.02 Å². The molecule has 1 amide bonds. The van der Waals surface area contributed by atoms with Crippen LogP contribution in [0.3, 0.4) is 0 Å². The number of carbonyl (C=O) groups is 1. The molecule has 3 nitrogen and oxygen atoms in total. The smallest absolute Gasteiger partial charge is 0.226 e. The Morgan fingerprint density at radius 1 is 1.10 bits per heavy atom. The van der Waals surface area contributed by atoms with E-state index in [1.807, 2.05) is 56.3 Å². The van der Waals surface area contributed by atoms with Crippen molar-refractivity contribution in [3.8, 4) is 0 Å². The van der Waals surface area contributed by atoms with E-state index in [0.717, 1.165) is 16.9 Å². The zero-order valence-corrected chi connectivity index (χ0v) is 13.0. The molecule has 4 heteroatoms. The van der Waals surface area contributed by atoms with Crippen LogP contribution in [0.15, 0.2) is 42.5 Å². The topological polar surface area (TPSA) is 41.1 Å². The molecule has 0 saturated heterocycles. The van der Waals surface area contributed by atoms with Gasteiger partial charge in [-0.3, -0.25) is 4.79 Å². The van der Waals surface area contributed by atoms with Crippen molar-refractivity contribution >= 4 is 28.9 Å². The first-order chi connectivity index (χ1) is 10.1. The highest BCUT2D eigenvalue weighted by atomic mass is 35.5. The summed E-state index contributed by atoms with van der Waals surface area (Å²) in [5, 5.41) is 6.84. The summed E-state index contributed by atoms with van der Waals surface area (Å²) in [5.41, 5.74) is 4.12. The molecule has 0 aliphatic carbocycles. The second-order valence-corrected chi connectivity index (χ2v) is 5.42. The first-order valence-electron chi connectivity index (χ1n) is 6.92. The molecule has 21 heavy (non-hydrogen) atoms. The van der Waals surface area contributed by atoms with Crippen LogP contribution in [0, 0.1) is 13.8 Å². The van der Waals surface area contributed by atoms with Gasteiger partial charge in [-0.05, 0) is 55.3 Å². The highest BCUT2D eigenvalue weighted by molar-refractivity contribution is 6.30. The largest absolute Gasteiger partial charge is 0.385 e. The third kappa shape index (κ3) is 4.50. The fourth-order valence-electron chi connectivity index (χ4n) is 1.99. The maximum atomic E-state index is 11.9. The van der Waals surface area contributed by atoms with Gasteiger partial charge >= 0.3 is 0 Å². The lowest BCUT2D eigenvalue weighted by Gasteiger charge is -2.11. The van der Waals surface area contributed by atoms with Gasteiger partial charge in [0.25, 0.3) is 0 Å². The number of nitrogens with one attached hydrogen (secondary N) is 2. The van der Waals surface area contributed by atoms with Crippen molar-refractivity contribution < 1.29 is 4.79 Å². The molecular weight excluding hydrogens is 284 g/mol. The van der Waals surface area contributed by atoms with E-state index in [-0.39, 0.29) is 5.91 Å². The maximum absolute atomic E-state index is 11.9. The number of hydrogen-bond acceptors (Lipinski definition) is 2. The molecule has 2 N–H and O–H groups in total. The number of aryl methyl sites for hydroxylation is 1. The van der Waals surface area contributed by atoms with Crippen LogP contribution in [0.25, 0.3) is 0 Å². The van der Waals surface area contributed by atoms with E-state index in [1.54, 1.807) is 0 Å². The first-order valence-corrected chi connectivity index (χ1v) is 7.29. The van der Waals surface area contributed by atoms with Crippen LogP contribution < -0.4 is 10.6 Å². The van der Waals surface area contributed by atoms with Gasteiger partial charge < -0.3 is 10.6 Å². The Balaban J connectivity index is 1.82. The van der Waals surface area contributed by atoms with Gasteiger partial charge in [-0.2, -0.15) is 0 Å². The van der Waals surface area contributed by atoms with Gasteiger partial charge in [0.2, 0.25) is 5.91 Å². The number of amides is 1. The molecule has 0 aromatic heterocycles.